The van der Waals surface area contributed by atoms with Crippen molar-refractivity contribution >= 4 is 29.2 Å². The summed E-state index contributed by atoms with van der Waals surface area (Å²) in [5.74, 6) is -0.0582. The van der Waals surface area contributed by atoms with Crippen molar-refractivity contribution in [2.75, 3.05) is 23.9 Å². The molecule has 0 saturated heterocycles. The van der Waals surface area contributed by atoms with Crippen LogP contribution in [0.3, 0.4) is 0 Å². The molecule has 0 atom stereocenters. The van der Waals surface area contributed by atoms with E-state index in [1.807, 2.05) is 74.4 Å². The van der Waals surface area contributed by atoms with Gasteiger partial charge in [0.2, 0.25) is 0 Å². The maximum atomic E-state index is 13.4. The lowest BCUT2D eigenvalue weighted by Crippen LogP contribution is -2.32. The van der Waals surface area contributed by atoms with E-state index in [-0.39, 0.29) is 11.7 Å². The minimum absolute atomic E-state index is 0.213. The summed E-state index contributed by atoms with van der Waals surface area (Å²) >= 11 is 0. The summed E-state index contributed by atoms with van der Waals surface area (Å²) in [4.78, 5) is 21.5. The Kier molecular flexibility index (Phi) is 5.19. The van der Waals surface area contributed by atoms with Crippen LogP contribution in [0.25, 0.3) is 6.08 Å². The average Bonchev–Trinajstić information content (AvgIpc) is 3.06. The highest BCUT2D eigenvalue weighted by molar-refractivity contribution is 6.33. The van der Waals surface area contributed by atoms with Crippen molar-refractivity contribution in [1.82, 2.24) is 0 Å². The third-order valence-corrected chi connectivity index (χ3v) is 4.97. The Hall–Kier alpha value is -3.73. The number of halogens is 1. The molecule has 0 N–H and O–H groups in total. The van der Waals surface area contributed by atoms with Gasteiger partial charge in [0.1, 0.15) is 17.3 Å². The molecular formula is C25H22FN3O. The fourth-order valence-corrected chi connectivity index (χ4v) is 3.27. The number of anilines is 2. The van der Waals surface area contributed by atoms with Gasteiger partial charge in [-0.05, 0) is 67.1 Å². The average molecular weight is 399 g/mol. The van der Waals surface area contributed by atoms with E-state index in [4.69, 9.17) is 0 Å². The van der Waals surface area contributed by atoms with Crippen LogP contribution in [-0.2, 0) is 4.79 Å². The van der Waals surface area contributed by atoms with E-state index in [1.54, 1.807) is 23.1 Å². The first kappa shape index (κ1) is 19.6. The van der Waals surface area contributed by atoms with Gasteiger partial charge in [0, 0.05) is 25.3 Å². The summed E-state index contributed by atoms with van der Waals surface area (Å²) in [5, 5.41) is 0. The molecule has 0 unspecified atom stereocenters. The van der Waals surface area contributed by atoms with Crippen LogP contribution in [0.5, 0.6) is 0 Å². The van der Waals surface area contributed by atoms with Crippen LogP contribution >= 0.6 is 0 Å². The van der Waals surface area contributed by atoms with Gasteiger partial charge in [0.25, 0.3) is 5.91 Å². The van der Waals surface area contributed by atoms with Crippen LogP contribution in [0.15, 0.2) is 83.5 Å². The van der Waals surface area contributed by atoms with Gasteiger partial charge in [-0.2, -0.15) is 0 Å². The lowest BCUT2D eigenvalue weighted by atomic mass is 10.1. The molecule has 0 aliphatic carbocycles. The highest BCUT2D eigenvalue weighted by Gasteiger charge is 2.32. The number of amides is 1. The molecule has 3 aromatic rings. The molecule has 0 spiro atoms. The first-order valence-electron chi connectivity index (χ1n) is 9.67. The van der Waals surface area contributed by atoms with E-state index in [9.17, 15) is 9.18 Å². The van der Waals surface area contributed by atoms with Crippen LogP contribution in [0.1, 0.15) is 16.7 Å². The zero-order chi connectivity index (χ0) is 21.3. The Labute approximate surface area is 175 Å². The number of benzene rings is 3. The van der Waals surface area contributed by atoms with E-state index in [0.29, 0.717) is 17.1 Å². The van der Waals surface area contributed by atoms with Crippen LogP contribution in [-0.4, -0.2) is 25.8 Å². The summed E-state index contributed by atoms with van der Waals surface area (Å²) in [5.41, 5.74) is 4.80. The summed E-state index contributed by atoms with van der Waals surface area (Å²) < 4.78 is 13.4. The number of rotatable bonds is 4. The van der Waals surface area contributed by atoms with Gasteiger partial charge in [0.05, 0.1) is 5.69 Å². The Morgan fingerprint density at radius 2 is 1.53 bits per heavy atom. The lowest BCUT2D eigenvalue weighted by molar-refractivity contribution is -0.113. The molecule has 0 fully saturated rings. The van der Waals surface area contributed by atoms with Crippen molar-refractivity contribution in [1.29, 1.82) is 0 Å². The van der Waals surface area contributed by atoms with Crippen molar-refractivity contribution in [3.8, 4) is 0 Å². The van der Waals surface area contributed by atoms with Gasteiger partial charge in [0.15, 0.2) is 0 Å². The van der Waals surface area contributed by atoms with Crippen molar-refractivity contribution in [3.05, 3.63) is 101 Å². The van der Waals surface area contributed by atoms with Gasteiger partial charge < -0.3 is 4.90 Å². The molecule has 30 heavy (non-hydrogen) atoms. The number of hydrogen-bond acceptors (Lipinski definition) is 3. The maximum Gasteiger partial charge on any atom is 0.282 e. The summed E-state index contributed by atoms with van der Waals surface area (Å²) in [6, 6.07) is 21.6. The topological polar surface area (TPSA) is 35.9 Å². The second kappa shape index (κ2) is 7.95. The molecule has 3 aromatic carbocycles. The zero-order valence-electron chi connectivity index (χ0n) is 17.1. The molecule has 0 saturated carbocycles. The van der Waals surface area contributed by atoms with Gasteiger partial charge in [-0.25, -0.2) is 9.38 Å². The minimum Gasteiger partial charge on any atom is -0.378 e. The van der Waals surface area contributed by atoms with Gasteiger partial charge in [-0.15, -0.1) is 0 Å². The summed E-state index contributed by atoms with van der Waals surface area (Å²) in [6.07, 6.45) is 1.78. The Balaban J connectivity index is 1.77. The predicted octanol–water partition coefficient (Wildman–Crippen LogP) is 5.03. The van der Waals surface area contributed by atoms with E-state index in [1.165, 1.54) is 12.1 Å². The van der Waals surface area contributed by atoms with Gasteiger partial charge >= 0.3 is 0 Å². The number of amidine groups is 1. The smallest absolute Gasteiger partial charge is 0.282 e. The highest BCUT2D eigenvalue weighted by atomic mass is 19.1. The summed E-state index contributed by atoms with van der Waals surface area (Å²) in [6.45, 7) is 1.99. The molecule has 4 rings (SSSR count). The van der Waals surface area contributed by atoms with E-state index < -0.39 is 0 Å². The molecular weight excluding hydrogens is 377 g/mol. The summed E-state index contributed by atoms with van der Waals surface area (Å²) in [7, 11) is 3.96. The van der Waals surface area contributed by atoms with Crippen LogP contribution in [0.2, 0.25) is 0 Å². The second-order valence-corrected chi connectivity index (χ2v) is 7.43. The van der Waals surface area contributed by atoms with Crippen LogP contribution in [0, 0.1) is 12.7 Å². The number of carbonyl (C=O) groups excluding carboxylic acids is 1. The van der Waals surface area contributed by atoms with E-state index in [2.05, 4.69) is 4.99 Å². The normalized spacial score (nSPS) is 14.9. The van der Waals surface area contributed by atoms with Crippen molar-refractivity contribution in [2.45, 2.75) is 6.92 Å². The zero-order valence-corrected chi connectivity index (χ0v) is 17.1. The largest absolute Gasteiger partial charge is 0.378 e. The van der Waals surface area contributed by atoms with Gasteiger partial charge in [-0.3, -0.25) is 9.69 Å². The lowest BCUT2D eigenvalue weighted by Gasteiger charge is -2.18. The molecule has 4 nitrogen and oxygen atoms in total. The first-order chi connectivity index (χ1) is 14.4. The third kappa shape index (κ3) is 3.87. The van der Waals surface area contributed by atoms with E-state index >= 15 is 0 Å². The first-order valence-corrected chi connectivity index (χ1v) is 9.67. The molecule has 0 aromatic heterocycles. The number of nitrogens with zero attached hydrogens (tertiary/aromatic N) is 3. The Bertz CT molecular complexity index is 1130. The number of aliphatic imine (C=N–C) groups is 1. The Morgan fingerprint density at radius 1 is 0.900 bits per heavy atom. The van der Waals surface area contributed by atoms with Crippen LogP contribution < -0.4 is 9.80 Å². The fraction of sp³-hybridized carbons (Fsp3) is 0.120. The third-order valence-electron chi connectivity index (χ3n) is 4.97. The van der Waals surface area contributed by atoms with Crippen molar-refractivity contribution in [3.63, 3.8) is 0 Å². The molecule has 150 valence electrons. The SMILES string of the molecule is Cc1ccc(N2C(=O)/C(=C\c3ccc(N(C)C)cc3)N=C2c2ccc(F)cc2)cc1. The quantitative estimate of drug-likeness (QED) is 0.577. The molecule has 0 radical (unpaired) electrons. The van der Waals surface area contributed by atoms with Crippen LogP contribution in [0.4, 0.5) is 15.8 Å². The molecule has 1 aliphatic heterocycles. The monoisotopic (exact) mass is 399 g/mol. The molecule has 5 heteroatoms. The molecule has 1 heterocycles. The van der Waals surface area contributed by atoms with Crippen molar-refractivity contribution in [2.24, 2.45) is 4.99 Å². The number of carbonyl (C=O) groups is 1. The molecule has 0 bridgehead atoms. The maximum absolute atomic E-state index is 13.4. The Morgan fingerprint density at radius 3 is 2.13 bits per heavy atom. The number of aryl methyl sites for hydroxylation is 1. The van der Waals surface area contributed by atoms with Gasteiger partial charge in [-0.1, -0.05) is 29.8 Å². The highest BCUT2D eigenvalue weighted by Crippen LogP contribution is 2.28. The minimum atomic E-state index is -0.331. The van der Waals surface area contributed by atoms with Crippen molar-refractivity contribution < 1.29 is 9.18 Å². The predicted molar refractivity (Wildman–Crippen MR) is 120 cm³/mol. The fourth-order valence-electron chi connectivity index (χ4n) is 3.27. The van der Waals surface area contributed by atoms with E-state index in [0.717, 1.165) is 22.5 Å². The molecule has 1 amide bonds. The molecule has 1 aliphatic rings. The number of hydrogen-bond donors (Lipinski definition) is 0. The second-order valence-electron chi connectivity index (χ2n) is 7.43. The standard InChI is InChI=1S/C25H22FN3O/c1-17-4-12-22(13-5-17)29-24(19-8-10-20(26)11-9-19)27-23(25(29)30)16-18-6-14-21(15-7-18)28(2)3/h4-16H,1-3H3/b23-16+.